The number of para-hydroxylation sites is 1. The summed E-state index contributed by atoms with van der Waals surface area (Å²) in [5.41, 5.74) is 0.745. The highest BCUT2D eigenvalue weighted by molar-refractivity contribution is 9.10. The Morgan fingerprint density at radius 2 is 2.20 bits per heavy atom. The molecule has 1 aromatic carbocycles. The smallest absolute Gasteiger partial charge is 0.304 e. The molecule has 82 valence electrons. The molecule has 0 saturated carbocycles. The van der Waals surface area contributed by atoms with Crippen LogP contribution in [-0.4, -0.2) is 22.7 Å². The Morgan fingerprint density at radius 1 is 1.47 bits per heavy atom. The molecular formula is C10H12BrNO3. The number of carboxylic acid groups (broad SMARTS) is 1. The van der Waals surface area contributed by atoms with Crippen molar-refractivity contribution in [3.8, 4) is 5.75 Å². The molecule has 1 rings (SSSR count). The average molecular weight is 274 g/mol. The number of phenols is 1. The van der Waals surface area contributed by atoms with E-state index in [1.54, 1.807) is 12.1 Å². The number of carbonyl (C=O) groups is 1. The van der Waals surface area contributed by atoms with E-state index in [9.17, 15) is 9.90 Å². The van der Waals surface area contributed by atoms with Crippen LogP contribution in [0.5, 0.6) is 5.75 Å². The van der Waals surface area contributed by atoms with E-state index in [0.717, 1.165) is 5.56 Å². The third-order valence-electron chi connectivity index (χ3n) is 1.90. The van der Waals surface area contributed by atoms with Gasteiger partial charge in [-0.25, -0.2) is 0 Å². The predicted octanol–water partition coefficient (Wildman–Crippen LogP) is 1.72. The zero-order valence-corrected chi connectivity index (χ0v) is 9.62. The van der Waals surface area contributed by atoms with Gasteiger partial charge in [-0.1, -0.05) is 12.1 Å². The van der Waals surface area contributed by atoms with Crippen LogP contribution in [0.25, 0.3) is 0 Å². The number of carboxylic acids is 1. The van der Waals surface area contributed by atoms with E-state index in [-0.39, 0.29) is 12.2 Å². The minimum absolute atomic E-state index is 0.0781. The van der Waals surface area contributed by atoms with Crippen LogP contribution in [0.3, 0.4) is 0 Å². The number of nitrogens with one attached hydrogen (secondary N) is 1. The van der Waals surface area contributed by atoms with E-state index in [2.05, 4.69) is 21.2 Å². The van der Waals surface area contributed by atoms with Gasteiger partial charge in [-0.2, -0.15) is 0 Å². The summed E-state index contributed by atoms with van der Waals surface area (Å²) in [6.45, 7) is 0.847. The van der Waals surface area contributed by atoms with Gasteiger partial charge in [0, 0.05) is 18.7 Å². The lowest BCUT2D eigenvalue weighted by Gasteiger charge is -2.06. The molecule has 0 fully saturated rings. The number of halogens is 1. The molecule has 0 atom stereocenters. The Bertz CT molecular complexity index is 355. The van der Waals surface area contributed by atoms with Crippen molar-refractivity contribution in [1.29, 1.82) is 0 Å². The molecule has 0 aromatic heterocycles. The molecule has 0 aliphatic rings. The molecule has 0 aliphatic heterocycles. The fraction of sp³-hybridized carbons (Fsp3) is 0.300. The van der Waals surface area contributed by atoms with Crippen molar-refractivity contribution in [2.45, 2.75) is 13.0 Å². The van der Waals surface area contributed by atoms with Gasteiger partial charge in [0.15, 0.2) is 0 Å². The lowest BCUT2D eigenvalue weighted by Crippen LogP contribution is -2.17. The predicted molar refractivity (Wildman–Crippen MR) is 59.8 cm³/mol. The number of hydrogen-bond acceptors (Lipinski definition) is 3. The number of phenolic OH excluding ortho intramolecular Hbond substituents is 1. The van der Waals surface area contributed by atoms with E-state index in [1.165, 1.54) is 0 Å². The summed E-state index contributed by atoms with van der Waals surface area (Å²) in [6.07, 6.45) is 0.0781. The summed E-state index contributed by atoms with van der Waals surface area (Å²) >= 11 is 3.21. The van der Waals surface area contributed by atoms with Crippen molar-refractivity contribution in [3.63, 3.8) is 0 Å². The lowest BCUT2D eigenvalue weighted by atomic mass is 10.2. The van der Waals surface area contributed by atoms with E-state index in [4.69, 9.17) is 5.11 Å². The SMILES string of the molecule is O=C(O)CCNCc1cccc(Br)c1O. The van der Waals surface area contributed by atoms with Crippen molar-refractivity contribution in [2.75, 3.05) is 6.54 Å². The first-order valence-electron chi connectivity index (χ1n) is 4.50. The monoisotopic (exact) mass is 273 g/mol. The topological polar surface area (TPSA) is 69.6 Å². The second kappa shape index (κ2) is 5.72. The van der Waals surface area contributed by atoms with E-state index < -0.39 is 5.97 Å². The van der Waals surface area contributed by atoms with Crippen LogP contribution in [0, 0.1) is 0 Å². The molecule has 0 unspecified atom stereocenters. The van der Waals surface area contributed by atoms with Crippen molar-refractivity contribution >= 4 is 21.9 Å². The first-order valence-corrected chi connectivity index (χ1v) is 5.29. The molecule has 4 nitrogen and oxygen atoms in total. The highest BCUT2D eigenvalue weighted by atomic mass is 79.9. The number of rotatable bonds is 5. The Balaban J connectivity index is 2.44. The van der Waals surface area contributed by atoms with Gasteiger partial charge in [0.25, 0.3) is 0 Å². The Kier molecular flexibility index (Phi) is 4.58. The fourth-order valence-corrected chi connectivity index (χ4v) is 1.53. The van der Waals surface area contributed by atoms with Crippen molar-refractivity contribution in [2.24, 2.45) is 0 Å². The van der Waals surface area contributed by atoms with Crippen LogP contribution >= 0.6 is 15.9 Å². The number of benzene rings is 1. The van der Waals surface area contributed by atoms with Crippen LogP contribution in [-0.2, 0) is 11.3 Å². The van der Waals surface area contributed by atoms with Gasteiger partial charge in [-0.3, -0.25) is 4.79 Å². The summed E-state index contributed by atoms with van der Waals surface area (Å²) in [6, 6.07) is 5.35. The summed E-state index contributed by atoms with van der Waals surface area (Å²) in [4.78, 5) is 10.2. The Morgan fingerprint density at radius 3 is 2.87 bits per heavy atom. The van der Waals surface area contributed by atoms with Crippen molar-refractivity contribution in [1.82, 2.24) is 5.32 Å². The van der Waals surface area contributed by atoms with E-state index >= 15 is 0 Å². The molecule has 5 heteroatoms. The van der Waals surface area contributed by atoms with Crippen LogP contribution < -0.4 is 5.32 Å². The highest BCUT2D eigenvalue weighted by Gasteiger charge is 2.04. The molecule has 0 bridgehead atoms. The first kappa shape index (κ1) is 12.0. The number of aliphatic carboxylic acids is 1. The molecule has 0 radical (unpaired) electrons. The molecule has 0 amide bonds. The lowest BCUT2D eigenvalue weighted by molar-refractivity contribution is -0.136. The van der Waals surface area contributed by atoms with Gasteiger partial charge in [0.1, 0.15) is 5.75 Å². The Hall–Kier alpha value is -1.07. The number of hydrogen-bond donors (Lipinski definition) is 3. The summed E-state index contributed by atoms with van der Waals surface area (Å²) in [5.74, 6) is -0.638. The van der Waals surface area contributed by atoms with E-state index in [0.29, 0.717) is 17.6 Å². The van der Waals surface area contributed by atoms with Crippen LogP contribution in [0.15, 0.2) is 22.7 Å². The van der Waals surface area contributed by atoms with Gasteiger partial charge in [0.05, 0.1) is 10.9 Å². The maximum Gasteiger partial charge on any atom is 0.304 e. The summed E-state index contributed by atoms with van der Waals surface area (Å²) < 4.78 is 0.639. The van der Waals surface area contributed by atoms with Crippen molar-refractivity contribution in [3.05, 3.63) is 28.2 Å². The van der Waals surface area contributed by atoms with Gasteiger partial charge in [-0.05, 0) is 22.0 Å². The third kappa shape index (κ3) is 3.89. The highest BCUT2D eigenvalue weighted by Crippen LogP contribution is 2.26. The van der Waals surface area contributed by atoms with Gasteiger partial charge in [-0.15, -0.1) is 0 Å². The zero-order chi connectivity index (χ0) is 11.3. The van der Waals surface area contributed by atoms with Gasteiger partial charge < -0.3 is 15.5 Å². The molecule has 0 aliphatic carbocycles. The summed E-state index contributed by atoms with van der Waals surface area (Å²) in [5, 5.41) is 21.0. The molecule has 0 spiro atoms. The van der Waals surface area contributed by atoms with Crippen LogP contribution in [0.4, 0.5) is 0 Å². The van der Waals surface area contributed by atoms with Gasteiger partial charge in [0.2, 0.25) is 0 Å². The number of aromatic hydroxyl groups is 1. The largest absolute Gasteiger partial charge is 0.506 e. The standard InChI is InChI=1S/C10H12BrNO3/c11-8-3-1-2-7(10(8)15)6-12-5-4-9(13)14/h1-3,12,15H,4-6H2,(H,13,14). The quantitative estimate of drug-likeness (QED) is 0.715. The minimum Gasteiger partial charge on any atom is -0.506 e. The fourth-order valence-electron chi connectivity index (χ4n) is 1.12. The molecule has 1 aromatic rings. The average Bonchev–Trinajstić information content (AvgIpc) is 2.18. The first-order chi connectivity index (χ1) is 7.11. The third-order valence-corrected chi connectivity index (χ3v) is 2.54. The molecule has 0 heterocycles. The molecule has 15 heavy (non-hydrogen) atoms. The van der Waals surface area contributed by atoms with Crippen LogP contribution in [0.2, 0.25) is 0 Å². The van der Waals surface area contributed by atoms with Crippen LogP contribution in [0.1, 0.15) is 12.0 Å². The maximum atomic E-state index is 10.2. The normalized spacial score (nSPS) is 10.2. The zero-order valence-electron chi connectivity index (χ0n) is 8.03. The second-order valence-corrected chi connectivity index (χ2v) is 3.92. The maximum absolute atomic E-state index is 10.2. The van der Waals surface area contributed by atoms with E-state index in [1.807, 2.05) is 6.07 Å². The van der Waals surface area contributed by atoms with Gasteiger partial charge >= 0.3 is 5.97 Å². The minimum atomic E-state index is -0.832. The molecule has 0 saturated heterocycles. The molecule has 3 N–H and O–H groups in total. The second-order valence-electron chi connectivity index (χ2n) is 3.07. The summed E-state index contributed by atoms with van der Waals surface area (Å²) in [7, 11) is 0. The molecular weight excluding hydrogens is 262 g/mol. The Labute approximate surface area is 96.1 Å². The van der Waals surface area contributed by atoms with Crippen molar-refractivity contribution < 1.29 is 15.0 Å².